The highest BCUT2D eigenvalue weighted by Crippen LogP contribution is 2.08. The standard InChI is InChI=1S/C9H16IN3O2S/c1-3-13-7-9(12-8(13)2)16(14,15)11-6-4-5-10/h7,11H,3-6H2,1-2H3. The third-order valence-corrected chi connectivity index (χ3v) is 4.27. The molecule has 0 aliphatic heterocycles. The van der Waals surface area contributed by atoms with Crippen molar-refractivity contribution >= 4 is 32.6 Å². The molecule has 1 N–H and O–H groups in total. The van der Waals surface area contributed by atoms with Crippen molar-refractivity contribution in [2.75, 3.05) is 11.0 Å². The lowest BCUT2D eigenvalue weighted by atomic mass is 10.5. The number of alkyl halides is 1. The molecule has 0 amide bonds. The molecule has 0 saturated carbocycles. The van der Waals surface area contributed by atoms with Crippen LogP contribution >= 0.6 is 22.6 Å². The van der Waals surface area contributed by atoms with E-state index in [1.807, 2.05) is 11.5 Å². The van der Waals surface area contributed by atoms with E-state index in [9.17, 15) is 8.42 Å². The molecule has 0 fully saturated rings. The SMILES string of the molecule is CCn1cc(S(=O)(=O)NCCCI)nc1C. The lowest BCUT2D eigenvalue weighted by molar-refractivity contribution is 0.577. The summed E-state index contributed by atoms with van der Waals surface area (Å²) in [7, 11) is -3.43. The van der Waals surface area contributed by atoms with Crippen LogP contribution in [0, 0.1) is 6.92 Å². The van der Waals surface area contributed by atoms with E-state index in [-0.39, 0.29) is 5.03 Å². The molecule has 7 heteroatoms. The minimum atomic E-state index is -3.43. The number of hydrogen-bond donors (Lipinski definition) is 1. The van der Waals surface area contributed by atoms with Crippen molar-refractivity contribution in [2.24, 2.45) is 0 Å². The number of halogens is 1. The van der Waals surface area contributed by atoms with Crippen LogP contribution in [0.15, 0.2) is 11.2 Å². The molecule has 0 unspecified atom stereocenters. The zero-order valence-corrected chi connectivity index (χ0v) is 12.4. The Morgan fingerprint density at radius 1 is 1.56 bits per heavy atom. The molecular formula is C9H16IN3O2S. The number of sulfonamides is 1. The average Bonchev–Trinajstić information content (AvgIpc) is 2.60. The Bertz CT molecular complexity index is 442. The van der Waals surface area contributed by atoms with Crippen LogP contribution in [0.2, 0.25) is 0 Å². The highest BCUT2D eigenvalue weighted by atomic mass is 127. The zero-order chi connectivity index (χ0) is 12.2. The fourth-order valence-corrected chi connectivity index (χ4v) is 2.74. The van der Waals surface area contributed by atoms with Crippen molar-refractivity contribution in [3.63, 3.8) is 0 Å². The van der Waals surface area contributed by atoms with Gasteiger partial charge in [0.1, 0.15) is 5.82 Å². The van der Waals surface area contributed by atoms with Gasteiger partial charge in [0, 0.05) is 23.7 Å². The van der Waals surface area contributed by atoms with Gasteiger partial charge < -0.3 is 4.57 Å². The van der Waals surface area contributed by atoms with Crippen LogP contribution in [0.5, 0.6) is 0 Å². The molecule has 16 heavy (non-hydrogen) atoms. The van der Waals surface area contributed by atoms with Crippen molar-refractivity contribution < 1.29 is 8.42 Å². The van der Waals surface area contributed by atoms with Crippen molar-refractivity contribution in [1.29, 1.82) is 0 Å². The van der Waals surface area contributed by atoms with Crippen LogP contribution in [0.4, 0.5) is 0 Å². The summed E-state index contributed by atoms with van der Waals surface area (Å²) in [6, 6.07) is 0. The molecule has 0 saturated heterocycles. The van der Waals surface area contributed by atoms with Gasteiger partial charge in [0.05, 0.1) is 0 Å². The quantitative estimate of drug-likeness (QED) is 0.475. The number of imidazole rings is 1. The number of rotatable bonds is 6. The molecule has 0 bridgehead atoms. The first kappa shape index (κ1) is 13.9. The van der Waals surface area contributed by atoms with E-state index in [1.165, 1.54) is 0 Å². The number of nitrogens with one attached hydrogen (secondary N) is 1. The van der Waals surface area contributed by atoms with Gasteiger partial charge >= 0.3 is 0 Å². The Labute approximate surface area is 110 Å². The maximum Gasteiger partial charge on any atom is 0.259 e. The third kappa shape index (κ3) is 3.42. The normalized spacial score (nSPS) is 11.9. The Morgan fingerprint density at radius 3 is 2.75 bits per heavy atom. The average molecular weight is 357 g/mol. The molecule has 0 aliphatic carbocycles. The van der Waals surface area contributed by atoms with Crippen molar-refractivity contribution in [1.82, 2.24) is 14.3 Å². The van der Waals surface area contributed by atoms with Gasteiger partial charge in [-0.3, -0.25) is 0 Å². The number of hydrogen-bond acceptors (Lipinski definition) is 3. The largest absolute Gasteiger partial charge is 0.334 e. The van der Waals surface area contributed by atoms with Gasteiger partial charge in [0.2, 0.25) is 0 Å². The maximum absolute atomic E-state index is 11.8. The summed E-state index contributed by atoms with van der Waals surface area (Å²) in [6.07, 6.45) is 2.40. The molecule has 92 valence electrons. The lowest BCUT2D eigenvalue weighted by Gasteiger charge is -2.01. The molecule has 0 atom stereocenters. The summed E-state index contributed by atoms with van der Waals surface area (Å²) in [6.45, 7) is 4.94. The van der Waals surface area contributed by atoms with E-state index in [1.54, 1.807) is 13.1 Å². The minimum Gasteiger partial charge on any atom is -0.334 e. The number of aromatic nitrogens is 2. The summed E-state index contributed by atoms with van der Waals surface area (Å²) in [5, 5.41) is 0.111. The summed E-state index contributed by atoms with van der Waals surface area (Å²) < 4.78 is 28.9. The number of aryl methyl sites for hydroxylation is 2. The summed E-state index contributed by atoms with van der Waals surface area (Å²) in [5.74, 6) is 0.719. The van der Waals surface area contributed by atoms with Gasteiger partial charge in [-0.05, 0) is 20.3 Å². The molecule has 1 heterocycles. The number of nitrogens with zero attached hydrogens (tertiary/aromatic N) is 2. The molecule has 1 rings (SSSR count). The molecule has 0 radical (unpaired) electrons. The Kier molecular flexibility index (Phi) is 5.19. The topological polar surface area (TPSA) is 64.0 Å². The second-order valence-corrected chi connectivity index (χ2v) is 6.15. The smallest absolute Gasteiger partial charge is 0.259 e. The van der Waals surface area contributed by atoms with Crippen molar-refractivity contribution in [3.05, 3.63) is 12.0 Å². The molecule has 1 aromatic rings. The van der Waals surface area contributed by atoms with E-state index in [2.05, 4.69) is 32.3 Å². The maximum atomic E-state index is 11.8. The second kappa shape index (κ2) is 5.97. The van der Waals surface area contributed by atoms with Gasteiger partial charge in [-0.1, -0.05) is 22.6 Å². The van der Waals surface area contributed by atoms with Crippen LogP contribution < -0.4 is 4.72 Å². The third-order valence-electron chi connectivity index (χ3n) is 2.17. The molecule has 0 aliphatic rings. The van der Waals surface area contributed by atoms with E-state index >= 15 is 0 Å². The van der Waals surface area contributed by atoms with Crippen LogP contribution in [0.1, 0.15) is 19.2 Å². The lowest BCUT2D eigenvalue weighted by Crippen LogP contribution is -2.25. The Balaban J connectivity index is 2.81. The highest BCUT2D eigenvalue weighted by Gasteiger charge is 2.17. The van der Waals surface area contributed by atoms with Crippen LogP contribution in [0.25, 0.3) is 0 Å². The first-order valence-electron chi connectivity index (χ1n) is 5.10. The molecule has 5 nitrogen and oxygen atoms in total. The molecule has 1 aromatic heterocycles. The first-order chi connectivity index (χ1) is 7.51. The molecule has 0 spiro atoms. The van der Waals surface area contributed by atoms with E-state index in [0.29, 0.717) is 6.54 Å². The summed E-state index contributed by atoms with van der Waals surface area (Å²) >= 11 is 2.21. The zero-order valence-electron chi connectivity index (χ0n) is 9.40. The fourth-order valence-electron chi connectivity index (χ4n) is 1.28. The summed E-state index contributed by atoms with van der Waals surface area (Å²) in [5.41, 5.74) is 0. The van der Waals surface area contributed by atoms with Gasteiger partial charge in [-0.15, -0.1) is 0 Å². The first-order valence-corrected chi connectivity index (χ1v) is 8.11. The van der Waals surface area contributed by atoms with Gasteiger partial charge in [-0.2, -0.15) is 0 Å². The predicted molar refractivity (Wildman–Crippen MR) is 71.3 cm³/mol. The van der Waals surface area contributed by atoms with Gasteiger partial charge in [0.25, 0.3) is 10.0 Å². The second-order valence-electron chi connectivity index (χ2n) is 3.35. The van der Waals surface area contributed by atoms with Crippen LogP contribution in [-0.2, 0) is 16.6 Å². The van der Waals surface area contributed by atoms with E-state index in [4.69, 9.17) is 0 Å². The van der Waals surface area contributed by atoms with Crippen LogP contribution in [-0.4, -0.2) is 28.9 Å². The van der Waals surface area contributed by atoms with E-state index in [0.717, 1.165) is 23.2 Å². The fraction of sp³-hybridized carbons (Fsp3) is 0.667. The predicted octanol–water partition coefficient (Wildman–Crippen LogP) is 1.31. The summed E-state index contributed by atoms with van der Waals surface area (Å²) in [4.78, 5) is 4.04. The highest BCUT2D eigenvalue weighted by molar-refractivity contribution is 14.1. The molecule has 0 aromatic carbocycles. The molecular weight excluding hydrogens is 341 g/mol. The van der Waals surface area contributed by atoms with Crippen molar-refractivity contribution in [3.8, 4) is 0 Å². The van der Waals surface area contributed by atoms with Gasteiger partial charge in [-0.25, -0.2) is 18.1 Å². The minimum absolute atomic E-state index is 0.111. The van der Waals surface area contributed by atoms with Crippen molar-refractivity contribution in [2.45, 2.75) is 31.8 Å². The monoisotopic (exact) mass is 357 g/mol. The van der Waals surface area contributed by atoms with E-state index < -0.39 is 10.0 Å². The Hall–Kier alpha value is -0.150. The van der Waals surface area contributed by atoms with Gasteiger partial charge in [0.15, 0.2) is 5.03 Å². The Morgan fingerprint density at radius 2 is 2.25 bits per heavy atom. The van der Waals surface area contributed by atoms with Crippen LogP contribution in [0.3, 0.4) is 0 Å².